The van der Waals surface area contributed by atoms with Crippen LogP contribution in [-0.2, 0) is 0 Å². The first-order valence-electron chi connectivity index (χ1n) is 5.03. The van der Waals surface area contributed by atoms with Crippen LogP contribution in [0.1, 0.15) is 41.0 Å². The summed E-state index contributed by atoms with van der Waals surface area (Å²) in [5.41, 5.74) is 1.19. The summed E-state index contributed by atoms with van der Waals surface area (Å²) in [4.78, 5) is 8.60. The lowest BCUT2D eigenvalue weighted by Gasteiger charge is -2.16. The van der Waals surface area contributed by atoms with Crippen LogP contribution in [-0.4, -0.2) is 24.5 Å². The Morgan fingerprint density at radius 2 is 1.85 bits per heavy atom. The summed E-state index contributed by atoms with van der Waals surface area (Å²) in [6, 6.07) is 0.701. The van der Waals surface area contributed by atoms with Gasteiger partial charge in [-0.2, -0.15) is 0 Å². The lowest BCUT2D eigenvalue weighted by molar-refractivity contribution is 0.605. The molecule has 0 aromatic heterocycles. The van der Waals surface area contributed by atoms with Crippen molar-refractivity contribution in [2.75, 3.05) is 0 Å². The minimum absolute atomic E-state index is 0.271. The van der Waals surface area contributed by atoms with E-state index in [0.29, 0.717) is 12.0 Å². The highest BCUT2D eigenvalue weighted by molar-refractivity contribution is 5.84. The zero-order valence-electron chi connectivity index (χ0n) is 9.54. The van der Waals surface area contributed by atoms with Crippen molar-refractivity contribution in [1.82, 2.24) is 0 Å². The Morgan fingerprint density at radius 3 is 2.23 bits per heavy atom. The van der Waals surface area contributed by atoms with E-state index in [1.54, 1.807) is 0 Å². The van der Waals surface area contributed by atoms with Gasteiger partial charge < -0.3 is 0 Å². The molecule has 0 bridgehead atoms. The number of hydrogen-bond donors (Lipinski definition) is 0. The third-order valence-corrected chi connectivity index (χ3v) is 2.69. The molecule has 0 aromatic rings. The fourth-order valence-electron chi connectivity index (χ4n) is 1.06. The van der Waals surface area contributed by atoms with Crippen LogP contribution in [0.4, 0.5) is 0 Å². The monoisotopic (exact) mass is 182 g/mol. The second-order valence-corrected chi connectivity index (χ2v) is 3.74. The standard InChI is InChI=1S/C11H22N2/c1-7-8(2)13-11(5)9(3)10(4)12-6/h8-10H,6-7H2,1-5H3. The van der Waals surface area contributed by atoms with Gasteiger partial charge in [-0.1, -0.05) is 13.8 Å². The molecular weight excluding hydrogens is 160 g/mol. The molecular formula is C11H22N2. The number of rotatable bonds is 5. The van der Waals surface area contributed by atoms with E-state index in [9.17, 15) is 0 Å². The number of aliphatic imine (C=N–C) groups is 2. The Kier molecular flexibility index (Phi) is 5.60. The molecule has 0 rings (SSSR count). The number of hydrogen-bond acceptors (Lipinski definition) is 2. The zero-order chi connectivity index (χ0) is 10.4. The topological polar surface area (TPSA) is 24.7 Å². The molecule has 0 aliphatic carbocycles. The van der Waals surface area contributed by atoms with Crippen molar-refractivity contribution in [1.29, 1.82) is 0 Å². The van der Waals surface area contributed by atoms with Crippen molar-refractivity contribution >= 4 is 12.4 Å². The molecule has 3 atom stereocenters. The molecule has 0 aromatic carbocycles. The molecule has 0 saturated heterocycles. The molecule has 0 amide bonds. The average molecular weight is 182 g/mol. The van der Waals surface area contributed by atoms with Gasteiger partial charge in [-0.25, -0.2) is 0 Å². The van der Waals surface area contributed by atoms with Crippen LogP contribution in [0.15, 0.2) is 9.98 Å². The third-order valence-electron chi connectivity index (χ3n) is 2.69. The largest absolute Gasteiger partial charge is 0.297 e. The predicted molar refractivity (Wildman–Crippen MR) is 61.0 cm³/mol. The van der Waals surface area contributed by atoms with Gasteiger partial charge in [0.2, 0.25) is 0 Å². The predicted octanol–water partition coefficient (Wildman–Crippen LogP) is 2.97. The van der Waals surface area contributed by atoms with Crippen LogP contribution in [0.5, 0.6) is 0 Å². The molecule has 0 heterocycles. The first kappa shape index (κ1) is 12.3. The van der Waals surface area contributed by atoms with Gasteiger partial charge in [-0.15, -0.1) is 0 Å². The van der Waals surface area contributed by atoms with Crippen molar-refractivity contribution in [3.63, 3.8) is 0 Å². The smallest absolute Gasteiger partial charge is 0.0541 e. The molecule has 0 saturated carbocycles. The molecule has 3 unspecified atom stereocenters. The van der Waals surface area contributed by atoms with Gasteiger partial charge in [0.1, 0.15) is 0 Å². The van der Waals surface area contributed by atoms with Crippen LogP contribution in [0.3, 0.4) is 0 Å². The normalized spacial score (nSPS) is 19.3. The summed E-state index contributed by atoms with van der Waals surface area (Å²) < 4.78 is 0. The molecule has 0 aliphatic rings. The Labute approximate surface area is 82.2 Å². The van der Waals surface area contributed by atoms with Gasteiger partial charge in [-0.05, 0) is 33.9 Å². The van der Waals surface area contributed by atoms with Crippen molar-refractivity contribution < 1.29 is 0 Å². The van der Waals surface area contributed by atoms with Crippen LogP contribution in [0, 0.1) is 5.92 Å². The van der Waals surface area contributed by atoms with E-state index in [-0.39, 0.29) is 6.04 Å². The first-order valence-corrected chi connectivity index (χ1v) is 5.03. The Hall–Kier alpha value is -0.660. The van der Waals surface area contributed by atoms with E-state index >= 15 is 0 Å². The minimum Gasteiger partial charge on any atom is -0.297 e. The van der Waals surface area contributed by atoms with E-state index in [2.05, 4.69) is 51.3 Å². The summed E-state index contributed by atoms with van der Waals surface area (Å²) in [7, 11) is 0. The maximum Gasteiger partial charge on any atom is 0.0541 e. The Balaban J connectivity index is 4.31. The molecule has 2 nitrogen and oxygen atoms in total. The van der Waals surface area contributed by atoms with E-state index in [0.717, 1.165) is 6.42 Å². The lowest BCUT2D eigenvalue weighted by atomic mass is 9.99. The van der Waals surface area contributed by atoms with Crippen molar-refractivity contribution in [3.05, 3.63) is 0 Å². The number of nitrogens with zero attached hydrogens (tertiary/aromatic N) is 2. The van der Waals surface area contributed by atoms with Crippen LogP contribution in [0.2, 0.25) is 0 Å². The Morgan fingerprint density at radius 1 is 1.31 bits per heavy atom. The van der Waals surface area contributed by atoms with E-state index in [1.807, 2.05) is 0 Å². The first-order chi connectivity index (χ1) is 6.02. The fourth-order valence-corrected chi connectivity index (χ4v) is 1.06. The maximum atomic E-state index is 4.59. The highest BCUT2D eigenvalue weighted by atomic mass is 14.8. The highest BCUT2D eigenvalue weighted by Gasteiger charge is 2.13. The van der Waals surface area contributed by atoms with Crippen molar-refractivity contribution in [3.8, 4) is 0 Å². The lowest BCUT2D eigenvalue weighted by Crippen LogP contribution is -2.20. The fraction of sp³-hybridized carbons (Fsp3) is 0.818. The summed E-state index contributed by atoms with van der Waals surface area (Å²) >= 11 is 0. The van der Waals surface area contributed by atoms with Gasteiger partial charge in [0.05, 0.1) is 6.04 Å². The van der Waals surface area contributed by atoms with Crippen LogP contribution < -0.4 is 0 Å². The average Bonchev–Trinajstić information content (AvgIpc) is 2.14. The van der Waals surface area contributed by atoms with Crippen molar-refractivity contribution in [2.45, 2.75) is 53.1 Å². The van der Waals surface area contributed by atoms with Gasteiger partial charge in [0.15, 0.2) is 0 Å². The molecule has 0 N–H and O–H groups in total. The van der Waals surface area contributed by atoms with Gasteiger partial charge in [0.25, 0.3) is 0 Å². The second kappa shape index (κ2) is 5.90. The van der Waals surface area contributed by atoms with Crippen LogP contribution in [0.25, 0.3) is 0 Å². The Bertz CT molecular complexity index is 185. The third kappa shape index (κ3) is 4.20. The van der Waals surface area contributed by atoms with E-state index in [4.69, 9.17) is 0 Å². The van der Waals surface area contributed by atoms with Crippen LogP contribution >= 0.6 is 0 Å². The molecule has 0 spiro atoms. The summed E-state index contributed by atoms with van der Waals surface area (Å²) in [5, 5.41) is 0. The second-order valence-electron chi connectivity index (χ2n) is 3.74. The SMILES string of the molecule is C=NC(C)C(C)C(C)=NC(C)CC. The summed E-state index contributed by atoms with van der Waals surface area (Å²) in [6.45, 7) is 14.2. The van der Waals surface area contributed by atoms with Gasteiger partial charge >= 0.3 is 0 Å². The molecule has 2 heteroatoms. The van der Waals surface area contributed by atoms with Crippen molar-refractivity contribution in [2.24, 2.45) is 15.9 Å². The van der Waals surface area contributed by atoms with Gasteiger partial charge in [-0.3, -0.25) is 9.98 Å². The molecule has 0 radical (unpaired) electrons. The van der Waals surface area contributed by atoms with Gasteiger partial charge in [0, 0.05) is 17.7 Å². The highest BCUT2D eigenvalue weighted by Crippen LogP contribution is 2.10. The molecule has 0 aliphatic heterocycles. The summed E-state index contributed by atoms with van der Waals surface area (Å²) in [5.74, 6) is 0.409. The molecule has 0 fully saturated rings. The van der Waals surface area contributed by atoms with E-state index < -0.39 is 0 Å². The van der Waals surface area contributed by atoms with E-state index in [1.165, 1.54) is 5.71 Å². The molecule has 13 heavy (non-hydrogen) atoms. The quantitative estimate of drug-likeness (QED) is 0.584. The molecule has 76 valence electrons. The minimum atomic E-state index is 0.271. The summed E-state index contributed by atoms with van der Waals surface area (Å²) in [6.07, 6.45) is 1.10. The maximum absolute atomic E-state index is 4.59. The zero-order valence-corrected chi connectivity index (χ0v) is 9.54.